The maximum atomic E-state index is 11.8. The summed E-state index contributed by atoms with van der Waals surface area (Å²) >= 11 is 0. The topological polar surface area (TPSA) is 52.6 Å². The van der Waals surface area contributed by atoms with Crippen molar-refractivity contribution in [3.05, 3.63) is 11.6 Å². The predicted molar refractivity (Wildman–Crippen MR) is 77.3 cm³/mol. The minimum absolute atomic E-state index is 0.0407. The molecule has 0 spiro atoms. The van der Waals surface area contributed by atoms with Gasteiger partial charge in [-0.1, -0.05) is 26.8 Å². The van der Waals surface area contributed by atoms with Crippen LogP contribution in [0, 0.1) is 22.7 Å². The van der Waals surface area contributed by atoms with Crippen LogP contribution in [0.2, 0.25) is 0 Å². The summed E-state index contributed by atoms with van der Waals surface area (Å²) in [5.74, 6) is 0.246. The predicted octanol–water partition coefficient (Wildman–Crippen LogP) is 2.86. The van der Waals surface area contributed by atoms with Crippen LogP contribution in [0.25, 0.3) is 0 Å². The number of allylic oxidation sites excluding steroid dienone is 1. The van der Waals surface area contributed by atoms with Gasteiger partial charge in [-0.05, 0) is 30.6 Å². The van der Waals surface area contributed by atoms with E-state index in [0.29, 0.717) is 12.5 Å². The number of hydrogen-bond donors (Lipinski definition) is 0. The SMILES string of the molecule is CC(=O)O[C@H]1CC[C@]2(C)C3COC(=O)C3=CC[C@H]2C1(C)C. The Bertz CT molecular complexity index is 519. The van der Waals surface area contributed by atoms with E-state index >= 15 is 0 Å². The third-order valence-corrected chi connectivity index (χ3v) is 6.14. The highest BCUT2D eigenvalue weighted by Gasteiger charge is 2.59. The van der Waals surface area contributed by atoms with Crippen LogP contribution < -0.4 is 0 Å². The van der Waals surface area contributed by atoms with Gasteiger partial charge in [-0.2, -0.15) is 0 Å². The van der Waals surface area contributed by atoms with Crippen molar-refractivity contribution in [2.45, 2.75) is 53.1 Å². The fourth-order valence-electron chi connectivity index (χ4n) is 4.95. The van der Waals surface area contributed by atoms with Crippen LogP contribution in [-0.4, -0.2) is 24.6 Å². The molecule has 0 bridgehead atoms. The number of hydrogen-bond acceptors (Lipinski definition) is 4. The van der Waals surface area contributed by atoms with Crippen LogP contribution in [0.1, 0.15) is 47.0 Å². The van der Waals surface area contributed by atoms with Gasteiger partial charge in [0.05, 0.1) is 6.61 Å². The number of rotatable bonds is 1. The first-order valence-corrected chi connectivity index (χ1v) is 7.81. The van der Waals surface area contributed by atoms with Gasteiger partial charge in [0.2, 0.25) is 0 Å². The van der Waals surface area contributed by atoms with Gasteiger partial charge in [0.15, 0.2) is 0 Å². The average molecular weight is 292 g/mol. The number of esters is 2. The molecule has 21 heavy (non-hydrogen) atoms. The van der Waals surface area contributed by atoms with E-state index in [9.17, 15) is 9.59 Å². The Morgan fingerprint density at radius 1 is 1.38 bits per heavy atom. The van der Waals surface area contributed by atoms with Gasteiger partial charge >= 0.3 is 11.9 Å². The molecule has 116 valence electrons. The van der Waals surface area contributed by atoms with Crippen molar-refractivity contribution in [1.29, 1.82) is 0 Å². The standard InChI is InChI=1S/C17H24O4/c1-10(18)21-14-7-8-17(4)12-9-20-15(19)11(12)5-6-13(17)16(14,2)3/h5,12-14H,6-9H2,1-4H3/t12?,13-,14-,17+/m0/s1. The molecule has 1 saturated heterocycles. The molecule has 4 heteroatoms. The van der Waals surface area contributed by atoms with Crippen LogP contribution in [0.15, 0.2) is 11.6 Å². The first kappa shape index (κ1) is 14.6. The lowest BCUT2D eigenvalue weighted by molar-refractivity contribution is -0.171. The van der Waals surface area contributed by atoms with Crippen molar-refractivity contribution < 1.29 is 19.1 Å². The van der Waals surface area contributed by atoms with Crippen LogP contribution in [-0.2, 0) is 19.1 Å². The molecule has 2 fully saturated rings. The average Bonchev–Trinajstić information content (AvgIpc) is 2.76. The summed E-state index contributed by atoms with van der Waals surface area (Å²) in [5.41, 5.74) is 0.832. The van der Waals surface area contributed by atoms with E-state index in [-0.39, 0.29) is 34.8 Å². The minimum Gasteiger partial charge on any atom is -0.462 e. The molecule has 0 radical (unpaired) electrons. The molecule has 1 unspecified atom stereocenters. The van der Waals surface area contributed by atoms with E-state index in [1.807, 2.05) is 0 Å². The lowest BCUT2D eigenvalue weighted by atomic mass is 9.48. The normalized spacial score (nSPS) is 40.7. The zero-order chi connectivity index (χ0) is 15.4. The highest BCUT2D eigenvalue weighted by Crippen LogP contribution is 2.61. The van der Waals surface area contributed by atoms with Crippen LogP contribution >= 0.6 is 0 Å². The first-order valence-electron chi connectivity index (χ1n) is 7.81. The van der Waals surface area contributed by atoms with Crippen molar-refractivity contribution in [2.75, 3.05) is 6.61 Å². The van der Waals surface area contributed by atoms with Gasteiger partial charge in [-0.25, -0.2) is 4.79 Å². The molecule has 0 aromatic carbocycles. The van der Waals surface area contributed by atoms with E-state index < -0.39 is 0 Å². The zero-order valence-corrected chi connectivity index (χ0v) is 13.3. The largest absolute Gasteiger partial charge is 0.462 e. The number of fused-ring (bicyclic) bond motifs is 3. The summed E-state index contributed by atoms with van der Waals surface area (Å²) in [7, 11) is 0. The molecular weight excluding hydrogens is 268 g/mol. The maximum Gasteiger partial charge on any atom is 0.334 e. The van der Waals surface area contributed by atoms with Gasteiger partial charge in [0.25, 0.3) is 0 Å². The molecule has 3 rings (SSSR count). The van der Waals surface area contributed by atoms with E-state index in [2.05, 4.69) is 26.8 Å². The molecule has 1 aliphatic heterocycles. The fraction of sp³-hybridized carbons (Fsp3) is 0.765. The molecule has 1 saturated carbocycles. The van der Waals surface area contributed by atoms with E-state index in [0.717, 1.165) is 24.8 Å². The molecule has 0 aromatic heterocycles. The van der Waals surface area contributed by atoms with Crippen molar-refractivity contribution in [1.82, 2.24) is 0 Å². The highest BCUT2D eigenvalue weighted by atomic mass is 16.5. The summed E-state index contributed by atoms with van der Waals surface area (Å²) in [6, 6.07) is 0. The lowest BCUT2D eigenvalue weighted by Gasteiger charge is -2.57. The second-order valence-electron chi connectivity index (χ2n) is 7.56. The van der Waals surface area contributed by atoms with Gasteiger partial charge in [-0.15, -0.1) is 0 Å². The molecule has 1 heterocycles. The molecule has 0 N–H and O–H groups in total. The number of ether oxygens (including phenoxy) is 2. The minimum atomic E-state index is -0.205. The van der Waals surface area contributed by atoms with Crippen molar-refractivity contribution >= 4 is 11.9 Å². The summed E-state index contributed by atoms with van der Waals surface area (Å²) in [6.07, 6.45) is 4.71. The molecule has 0 aromatic rings. The third-order valence-electron chi connectivity index (χ3n) is 6.14. The third kappa shape index (κ3) is 2.02. The van der Waals surface area contributed by atoms with Crippen molar-refractivity contribution in [2.24, 2.45) is 22.7 Å². The van der Waals surface area contributed by atoms with Crippen molar-refractivity contribution in [3.8, 4) is 0 Å². The zero-order valence-electron chi connectivity index (χ0n) is 13.3. The second kappa shape index (κ2) is 4.59. The van der Waals surface area contributed by atoms with Crippen molar-refractivity contribution in [3.63, 3.8) is 0 Å². The molecule has 0 amide bonds. The van der Waals surface area contributed by atoms with Gasteiger partial charge < -0.3 is 9.47 Å². The monoisotopic (exact) mass is 292 g/mol. The van der Waals surface area contributed by atoms with Gasteiger partial charge in [0.1, 0.15) is 6.10 Å². The van der Waals surface area contributed by atoms with E-state index in [4.69, 9.17) is 9.47 Å². The van der Waals surface area contributed by atoms with E-state index in [1.165, 1.54) is 6.92 Å². The number of carbonyl (C=O) groups excluding carboxylic acids is 2. The number of cyclic esters (lactones) is 1. The summed E-state index contributed by atoms with van der Waals surface area (Å²) in [5, 5.41) is 0. The van der Waals surface area contributed by atoms with Crippen LogP contribution in [0.4, 0.5) is 0 Å². The highest BCUT2D eigenvalue weighted by molar-refractivity contribution is 5.91. The Balaban J connectivity index is 1.94. The Hall–Kier alpha value is -1.32. The molecule has 2 aliphatic carbocycles. The Labute approximate surface area is 125 Å². The van der Waals surface area contributed by atoms with Crippen LogP contribution in [0.5, 0.6) is 0 Å². The fourth-order valence-corrected chi connectivity index (χ4v) is 4.95. The quantitative estimate of drug-likeness (QED) is 0.697. The molecule has 3 aliphatic rings. The Morgan fingerprint density at radius 2 is 2.10 bits per heavy atom. The lowest BCUT2D eigenvalue weighted by Crippen LogP contribution is -2.55. The van der Waals surface area contributed by atoms with Crippen LogP contribution in [0.3, 0.4) is 0 Å². The summed E-state index contributed by atoms with van der Waals surface area (Å²) in [4.78, 5) is 23.2. The Morgan fingerprint density at radius 3 is 2.76 bits per heavy atom. The molecule has 4 nitrogen and oxygen atoms in total. The Kier molecular flexibility index (Phi) is 3.19. The molecule has 4 atom stereocenters. The molecular formula is C17H24O4. The first-order chi connectivity index (χ1) is 9.76. The summed E-state index contributed by atoms with van der Waals surface area (Å²) < 4.78 is 10.9. The maximum absolute atomic E-state index is 11.8. The summed E-state index contributed by atoms with van der Waals surface area (Å²) in [6.45, 7) is 8.65. The second-order valence-corrected chi connectivity index (χ2v) is 7.56. The number of carbonyl (C=O) groups is 2. The van der Waals surface area contributed by atoms with Gasteiger partial charge in [-0.3, -0.25) is 4.79 Å². The van der Waals surface area contributed by atoms with Gasteiger partial charge in [0, 0.05) is 23.8 Å². The smallest absolute Gasteiger partial charge is 0.334 e. The van der Waals surface area contributed by atoms with E-state index in [1.54, 1.807) is 0 Å².